The van der Waals surface area contributed by atoms with Crippen LogP contribution in [0.4, 0.5) is 0 Å². The summed E-state index contributed by atoms with van der Waals surface area (Å²) in [5.74, 6) is 0.232. The maximum absolute atomic E-state index is 13.5. The van der Waals surface area contributed by atoms with Crippen molar-refractivity contribution >= 4 is 21.2 Å². The van der Waals surface area contributed by atoms with Crippen LogP contribution in [0.15, 0.2) is 22.6 Å². The molecule has 29 heavy (non-hydrogen) atoms. The van der Waals surface area contributed by atoms with Crippen LogP contribution < -0.4 is 4.74 Å². The van der Waals surface area contributed by atoms with E-state index in [9.17, 15) is 13.2 Å². The van der Waals surface area contributed by atoms with E-state index in [1.54, 1.807) is 24.6 Å². The van der Waals surface area contributed by atoms with Crippen LogP contribution in [0.1, 0.15) is 67.4 Å². The number of hydrogen-bond donors (Lipinski definition) is 0. The minimum atomic E-state index is -3.45. The fraction of sp³-hybridized carbons (Fsp3) is 0.455. The van der Waals surface area contributed by atoms with Crippen molar-refractivity contribution < 1.29 is 17.9 Å². The summed E-state index contributed by atoms with van der Waals surface area (Å²) >= 11 is 0. The zero-order valence-electron chi connectivity index (χ0n) is 18.5. The Hall–Kier alpha value is -2.41. The summed E-state index contributed by atoms with van der Waals surface area (Å²) in [5.41, 5.74) is 4.54. The maximum Gasteiger partial charge on any atom is 0.223 e. The highest BCUT2D eigenvalue weighted by molar-refractivity contribution is 7.90. The lowest BCUT2D eigenvalue weighted by molar-refractivity contribution is 0.103. The minimum absolute atomic E-state index is 0.217. The van der Waals surface area contributed by atoms with Crippen LogP contribution in [-0.2, 0) is 16.4 Å². The zero-order chi connectivity index (χ0) is 22.1. The van der Waals surface area contributed by atoms with E-state index in [4.69, 9.17) is 4.74 Å². The number of sulfone groups is 1. The van der Waals surface area contributed by atoms with Crippen molar-refractivity contribution in [2.75, 3.05) is 12.9 Å². The zero-order valence-corrected chi connectivity index (χ0v) is 19.3. The Morgan fingerprint density at radius 1 is 1.10 bits per heavy atom. The Balaban J connectivity index is 2.82. The van der Waals surface area contributed by atoms with Crippen LogP contribution in [0.2, 0.25) is 0 Å². The summed E-state index contributed by atoms with van der Waals surface area (Å²) in [6.45, 7) is 14.1. The third-order valence-electron chi connectivity index (χ3n) is 5.08. The van der Waals surface area contributed by atoms with Gasteiger partial charge in [0.25, 0.3) is 0 Å². The van der Waals surface area contributed by atoms with E-state index in [1.165, 1.54) is 12.3 Å². The molecule has 2 rings (SSSR count). The van der Waals surface area contributed by atoms with Gasteiger partial charge < -0.3 is 4.74 Å². The highest BCUT2D eigenvalue weighted by atomic mass is 32.2. The van der Waals surface area contributed by atoms with E-state index in [-0.39, 0.29) is 10.7 Å². The predicted octanol–water partition coefficient (Wildman–Crippen LogP) is 4.37. The molecule has 0 spiro atoms. The van der Waals surface area contributed by atoms with E-state index in [0.29, 0.717) is 47.0 Å². The molecule has 6 nitrogen and oxygen atoms in total. The highest BCUT2D eigenvalue weighted by Gasteiger charge is 2.27. The van der Waals surface area contributed by atoms with Crippen LogP contribution in [-0.4, -0.2) is 36.8 Å². The van der Waals surface area contributed by atoms with E-state index in [2.05, 4.69) is 5.10 Å². The Labute approximate surface area is 173 Å². The van der Waals surface area contributed by atoms with Crippen LogP contribution in [0.3, 0.4) is 0 Å². The van der Waals surface area contributed by atoms with Crippen LogP contribution in [0, 0.1) is 13.8 Å². The summed E-state index contributed by atoms with van der Waals surface area (Å²) in [6, 6.07) is 3.12. The van der Waals surface area contributed by atoms with Crippen molar-refractivity contribution in [1.82, 2.24) is 9.78 Å². The fourth-order valence-electron chi connectivity index (χ4n) is 3.41. The van der Waals surface area contributed by atoms with Crippen molar-refractivity contribution in [3.63, 3.8) is 0 Å². The van der Waals surface area contributed by atoms with Gasteiger partial charge in [-0.1, -0.05) is 5.57 Å². The molecule has 0 amide bonds. The summed E-state index contributed by atoms with van der Waals surface area (Å²) in [5, 5.41) is 4.43. The molecular weight excluding hydrogens is 388 g/mol. The number of carbonyl (C=O) groups excluding carboxylic acids is 1. The molecule has 0 aliphatic rings. The molecule has 0 saturated heterocycles. The lowest BCUT2D eigenvalue weighted by Crippen LogP contribution is -2.12. The number of nitrogens with zero attached hydrogens (tertiary/aromatic N) is 2. The lowest BCUT2D eigenvalue weighted by atomic mass is 9.91. The second kappa shape index (κ2) is 8.53. The van der Waals surface area contributed by atoms with E-state index in [1.807, 2.05) is 34.6 Å². The van der Waals surface area contributed by atoms with Gasteiger partial charge in [-0.15, -0.1) is 0 Å². The summed E-state index contributed by atoms with van der Waals surface area (Å²) in [6.07, 6.45) is 1.19. The summed E-state index contributed by atoms with van der Waals surface area (Å²) in [7, 11) is -3.45. The van der Waals surface area contributed by atoms with Crippen LogP contribution in [0.5, 0.6) is 5.88 Å². The quantitative estimate of drug-likeness (QED) is 0.624. The lowest BCUT2D eigenvalue weighted by Gasteiger charge is -2.17. The maximum atomic E-state index is 13.5. The highest BCUT2D eigenvalue weighted by Crippen LogP contribution is 2.34. The third-order valence-corrected chi connectivity index (χ3v) is 6.22. The van der Waals surface area contributed by atoms with E-state index >= 15 is 0 Å². The Kier molecular flexibility index (Phi) is 6.73. The van der Waals surface area contributed by atoms with Crippen molar-refractivity contribution in [1.29, 1.82) is 0 Å². The average molecular weight is 419 g/mol. The van der Waals surface area contributed by atoms with Gasteiger partial charge in [0, 0.05) is 18.4 Å². The van der Waals surface area contributed by atoms with Gasteiger partial charge >= 0.3 is 0 Å². The van der Waals surface area contributed by atoms with Crippen molar-refractivity contribution in [2.45, 2.75) is 59.9 Å². The fourth-order valence-corrected chi connectivity index (χ4v) is 4.40. The molecule has 0 saturated carbocycles. The first-order valence-corrected chi connectivity index (χ1v) is 11.6. The number of aryl methyl sites for hydroxylation is 2. The van der Waals surface area contributed by atoms with E-state index < -0.39 is 9.84 Å². The number of ketones is 1. The molecule has 0 atom stereocenters. The number of rotatable bonds is 7. The van der Waals surface area contributed by atoms with Crippen molar-refractivity contribution in [3.8, 4) is 5.88 Å². The molecule has 7 heteroatoms. The number of ether oxygens (including phenoxy) is 1. The normalized spacial score (nSPS) is 11.4. The van der Waals surface area contributed by atoms with Crippen LogP contribution >= 0.6 is 0 Å². The topological polar surface area (TPSA) is 78.3 Å². The molecule has 2 aromatic rings. The van der Waals surface area contributed by atoms with Gasteiger partial charge in [-0.25, -0.2) is 13.1 Å². The largest absolute Gasteiger partial charge is 0.478 e. The molecule has 1 aromatic carbocycles. The number of aromatic nitrogens is 2. The standard InChI is InChI=1S/C22H30N2O4S/c1-9-24-22(28-10-2)20(16(7)23-24)21(25)17-11-12-18(29(8,26)27)19(15(17)6)14(5)13(3)4/h11-12H,9-10H2,1-8H3. The van der Waals surface area contributed by atoms with Gasteiger partial charge in [-0.3, -0.25) is 4.79 Å². The van der Waals surface area contributed by atoms with Gasteiger partial charge in [0.05, 0.1) is 17.2 Å². The summed E-state index contributed by atoms with van der Waals surface area (Å²) < 4.78 is 32.2. The molecule has 0 N–H and O–H groups in total. The molecule has 1 heterocycles. The molecule has 0 radical (unpaired) electrons. The Bertz CT molecular complexity index is 1090. The molecular formula is C22H30N2O4S. The molecule has 1 aromatic heterocycles. The molecule has 0 bridgehead atoms. The van der Waals surface area contributed by atoms with Crippen molar-refractivity contribution in [2.24, 2.45) is 0 Å². The van der Waals surface area contributed by atoms with Gasteiger partial charge in [-0.2, -0.15) is 5.10 Å². The molecule has 0 unspecified atom stereocenters. The van der Waals surface area contributed by atoms with Gasteiger partial charge in [0.1, 0.15) is 5.56 Å². The monoisotopic (exact) mass is 418 g/mol. The molecule has 0 aliphatic heterocycles. The van der Waals surface area contributed by atoms with Gasteiger partial charge in [0.2, 0.25) is 11.7 Å². The number of benzene rings is 1. The smallest absolute Gasteiger partial charge is 0.223 e. The number of hydrogen-bond acceptors (Lipinski definition) is 5. The first-order chi connectivity index (χ1) is 13.4. The van der Waals surface area contributed by atoms with Crippen LogP contribution in [0.25, 0.3) is 5.57 Å². The second-order valence-corrected chi connectivity index (χ2v) is 9.34. The van der Waals surface area contributed by atoms with E-state index in [0.717, 1.165) is 11.1 Å². The van der Waals surface area contributed by atoms with Gasteiger partial charge in [0.15, 0.2) is 9.84 Å². The summed E-state index contributed by atoms with van der Waals surface area (Å²) in [4.78, 5) is 13.8. The second-order valence-electron chi connectivity index (χ2n) is 7.35. The Morgan fingerprint density at radius 3 is 2.21 bits per heavy atom. The molecule has 158 valence electrons. The Morgan fingerprint density at radius 2 is 1.72 bits per heavy atom. The number of allylic oxidation sites excluding steroid dienone is 2. The molecule has 0 aliphatic carbocycles. The molecule has 0 fully saturated rings. The first-order valence-electron chi connectivity index (χ1n) is 9.68. The SMILES string of the molecule is CCOc1c(C(=O)c2ccc(S(C)(=O)=O)c(C(C)=C(C)C)c2C)c(C)nn1CC. The first kappa shape index (κ1) is 22.9. The average Bonchev–Trinajstić information content (AvgIpc) is 2.95. The number of carbonyl (C=O) groups is 1. The van der Waals surface area contributed by atoms with Crippen molar-refractivity contribution in [3.05, 3.63) is 45.7 Å². The van der Waals surface area contributed by atoms with Gasteiger partial charge in [-0.05, 0) is 77.3 Å². The third kappa shape index (κ3) is 4.29. The predicted molar refractivity (Wildman–Crippen MR) is 115 cm³/mol. The minimum Gasteiger partial charge on any atom is -0.478 e.